The molecule has 0 aromatic carbocycles. The number of carbonyl (C=O) groups is 2. The second-order valence-electron chi connectivity index (χ2n) is 4.70. The number of amides is 3. The summed E-state index contributed by atoms with van der Waals surface area (Å²) in [5.74, 6) is 0.522. The van der Waals surface area contributed by atoms with Gasteiger partial charge in [0.1, 0.15) is 0 Å². The van der Waals surface area contributed by atoms with Crippen LogP contribution in [0.15, 0.2) is 0 Å². The number of nitrogens with zero attached hydrogens (tertiary/aromatic N) is 1. The van der Waals surface area contributed by atoms with Gasteiger partial charge in [-0.2, -0.15) is 0 Å². The predicted molar refractivity (Wildman–Crippen MR) is 70.1 cm³/mol. The first-order valence-electron chi connectivity index (χ1n) is 6.65. The molecule has 1 aliphatic rings. The van der Waals surface area contributed by atoms with Crippen molar-refractivity contribution in [3.63, 3.8) is 0 Å². The maximum atomic E-state index is 11.9. The summed E-state index contributed by atoms with van der Waals surface area (Å²) in [6.07, 6.45) is 2.58. The molecule has 1 unspecified atom stereocenters. The van der Waals surface area contributed by atoms with Gasteiger partial charge in [-0.3, -0.25) is 4.79 Å². The van der Waals surface area contributed by atoms with E-state index in [1.165, 1.54) is 0 Å². The Morgan fingerprint density at radius 2 is 2.22 bits per heavy atom. The minimum atomic E-state index is -0.495. The number of nitrogens with one attached hydrogen (secondary N) is 2. The summed E-state index contributed by atoms with van der Waals surface area (Å²) in [6.45, 7) is 5.76. The molecule has 0 saturated carbocycles. The van der Waals surface area contributed by atoms with E-state index in [9.17, 15) is 9.59 Å². The molecule has 6 nitrogen and oxygen atoms in total. The molecule has 1 atom stereocenters. The molecule has 1 aliphatic heterocycles. The van der Waals surface area contributed by atoms with Crippen LogP contribution in [0.5, 0.6) is 0 Å². The fourth-order valence-corrected chi connectivity index (χ4v) is 2.23. The van der Waals surface area contributed by atoms with Crippen molar-refractivity contribution in [2.75, 3.05) is 32.7 Å². The molecule has 0 bridgehead atoms. The lowest BCUT2D eigenvalue weighted by Crippen LogP contribution is -2.45. The highest BCUT2D eigenvalue weighted by molar-refractivity contribution is 5.76. The molecular weight excluding hydrogens is 232 g/mol. The van der Waals surface area contributed by atoms with Crippen molar-refractivity contribution >= 4 is 11.9 Å². The second kappa shape index (κ2) is 7.92. The fourth-order valence-electron chi connectivity index (χ4n) is 2.23. The molecule has 0 aromatic rings. The van der Waals surface area contributed by atoms with Crippen LogP contribution < -0.4 is 16.4 Å². The molecule has 0 aromatic heterocycles. The van der Waals surface area contributed by atoms with Gasteiger partial charge in [-0.15, -0.1) is 0 Å². The van der Waals surface area contributed by atoms with E-state index in [-0.39, 0.29) is 5.91 Å². The molecule has 1 fully saturated rings. The molecule has 18 heavy (non-hydrogen) atoms. The summed E-state index contributed by atoms with van der Waals surface area (Å²) in [6, 6.07) is -0.495. The van der Waals surface area contributed by atoms with Gasteiger partial charge < -0.3 is 21.3 Å². The topological polar surface area (TPSA) is 87.5 Å². The van der Waals surface area contributed by atoms with Crippen LogP contribution in [0.3, 0.4) is 0 Å². The van der Waals surface area contributed by atoms with Gasteiger partial charge in [0.05, 0.1) is 0 Å². The van der Waals surface area contributed by atoms with Gasteiger partial charge in [0.2, 0.25) is 5.91 Å². The average molecular weight is 256 g/mol. The maximum Gasteiger partial charge on any atom is 0.312 e. The van der Waals surface area contributed by atoms with Gasteiger partial charge in [0, 0.05) is 32.6 Å². The molecule has 3 amide bonds. The van der Waals surface area contributed by atoms with E-state index in [1.807, 2.05) is 11.8 Å². The fraction of sp³-hybridized carbons (Fsp3) is 0.833. The molecule has 6 heteroatoms. The lowest BCUT2D eigenvalue weighted by atomic mass is 9.98. The Kier molecular flexibility index (Phi) is 6.49. The molecule has 0 aliphatic carbocycles. The molecule has 1 heterocycles. The second-order valence-corrected chi connectivity index (χ2v) is 4.70. The van der Waals surface area contributed by atoms with Crippen molar-refractivity contribution in [3.05, 3.63) is 0 Å². The number of nitrogens with two attached hydrogens (primary N) is 1. The van der Waals surface area contributed by atoms with Crippen LogP contribution in [0.4, 0.5) is 4.79 Å². The number of rotatable bonds is 6. The van der Waals surface area contributed by atoms with Crippen molar-refractivity contribution in [1.82, 2.24) is 15.5 Å². The number of piperidine rings is 1. The normalized spacial score (nSPS) is 19.6. The molecule has 1 saturated heterocycles. The standard InChI is InChI=1S/C12H24N4O2/c1-2-14-6-5-11(17)16-7-3-4-10(9-16)8-15-12(13)18/h10,14H,2-9H2,1H3,(H3,13,15,18). The summed E-state index contributed by atoms with van der Waals surface area (Å²) < 4.78 is 0. The summed E-state index contributed by atoms with van der Waals surface area (Å²) >= 11 is 0. The van der Waals surface area contributed by atoms with Crippen molar-refractivity contribution in [2.45, 2.75) is 26.2 Å². The van der Waals surface area contributed by atoms with Crippen LogP contribution in [0, 0.1) is 5.92 Å². The molecule has 104 valence electrons. The third-order valence-electron chi connectivity index (χ3n) is 3.20. The van der Waals surface area contributed by atoms with Crippen LogP contribution in [-0.4, -0.2) is 49.6 Å². The maximum absolute atomic E-state index is 11.9. The van der Waals surface area contributed by atoms with Gasteiger partial charge in [-0.25, -0.2) is 4.79 Å². The summed E-state index contributed by atoms with van der Waals surface area (Å²) in [4.78, 5) is 24.5. The van der Waals surface area contributed by atoms with E-state index < -0.39 is 6.03 Å². The number of urea groups is 1. The third-order valence-corrected chi connectivity index (χ3v) is 3.20. The van der Waals surface area contributed by atoms with Crippen molar-refractivity contribution in [1.29, 1.82) is 0 Å². The van der Waals surface area contributed by atoms with Crippen molar-refractivity contribution < 1.29 is 9.59 Å². The highest BCUT2D eigenvalue weighted by Gasteiger charge is 2.23. The number of primary amides is 1. The minimum absolute atomic E-state index is 0.194. The highest BCUT2D eigenvalue weighted by atomic mass is 16.2. The smallest absolute Gasteiger partial charge is 0.312 e. The van der Waals surface area contributed by atoms with E-state index in [1.54, 1.807) is 0 Å². The Balaban J connectivity index is 2.28. The molecular formula is C12H24N4O2. The summed E-state index contributed by atoms with van der Waals surface area (Å²) in [7, 11) is 0. The Bertz CT molecular complexity index is 283. The molecule has 0 radical (unpaired) electrons. The largest absolute Gasteiger partial charge is 0.352 e. The first kappa shape index (κ1) is 14.8. The first-order valence-corrected chi connectivity index (χ1v) is 6.65. The lowest BCUT2D eigenvalue weighted by molar-refractivity contribution is -0.132. The lowest BCUT2D eigenvalue weighted by Gasteiger charge is -2.32. The van der Waals surface area contributed by atoms with E-state index in [2.05, 4.69) is 10.6 Å². The van der Waals surface area contributed by atoms with Crippen LogP contribution in [0.2, 0.25) is 0 Å². The quantitative estimate of drug-likeness (QED) is 0.580. The van der Waals surface area contributed by atoms with Crippen molar-refractivity contribution in [2.24, 2.45) is 11.7 Å². The molecule has 1 rings (SSSR count). The Labute approximate surface area is 108 Å². The minimum Gasteiger partial charge on any atom is -0.352 e. The van der Waals surface area contributed by atoms with E-state index in [4.69, 9.17) is 5.73 Å². The number of carbonyl (C=O) groups excluding carboxylic acids is 2. The third kappa shape index (κ3) is 5.35. The zero-order chi connectivity index (χ0) is 13.4. The number of hydrogen-bond donors (Lipinski definition) is 3. The summed E-state index contributed by atoms with van der Waals surface area (Å²) in [5, 5.41) is 5.76. The number of hydrogen-bond acceptors (Lipinski definition) is 3. The predicted octanol–water partition coefficient (Wildman–Crippen LogP) is -0.107. The van der Waals surface area contributed by atoms with Gasteiger partial charge >= 0.3 is 6.03 Å². The molecule has 4 N–H and O–H groups in total. The zero-order valence-electron chi connectivity index (χ0n) is 11.1. The van der Waals surface area contributed by atoms with Crippen LogP contribution >= 0.6 is 0 Å². The van der Waals surface area contributed by atoms with E-state index >= 15 is 0 Å². The summed E-state index contributed by atoms with van der Waals surface area (Å²) in [5.41, 5.74) is 5.05. The average Bonchev–Trinajstić information content (AvgIpc) is 2.37. The van der Waals surface area contributed by atoms with Gasteiger partial charge in [-0.05, 0) is 25.3 Å². The Morgan fingerprint density at radius 3 is 2.89 bits per heavy atom. The Morgan fingerprint density at radius 1 is 1.44 bits per heavy atom. The van der Waals surface area contributed by atoms with Gasteiger partial charge in [-0.1, -0.05) is 6.92 Å². The zero-order valence-corrected chi connectivity index (χ0v) is 11.1. The van der Waals surface area contributed by atoms with Crippen LogP contribution in [0.1, 0.15) is 26.2 Å². The first-order chi connectivity index (χ1) is 8.63. The SMILES string of the molecule is CCNCCC(=O)N1CCCC(CNC(N)=O)C1. The monoisotopic (exact) mass is 256 g/mol. The van der Waals surface area contributed by atoms with E-state index in [0.717, 1.165) is 39.0 Å². The van der Waals surface area contributed by atoms with Crippen LogP contribution in [0.25, 0.3) is 0 Å². The Hall–Kier alpha value is -1.30. The van der Waals surface area contributed by atoms with Gasteiger partial charge in [0.15, 0.2) is 0 Å². The van der Waals surface area contributed by atoms with Crippen molar-refractivity contribution in [3.8, 4) is 0 Å². The number of likely N-dealkylation sites (tertiary alicyclic amines) is 1. The van der Waals surface area contributed by atoms with Gasteiger partial charge in [0.25, 0.3) is 0 Å². The highest BCUT2D eigenvalue weighted by Crippen LogP contribution is 2.16. The van der Waals surface area contributed by atoms with E-state index in [0.29, 0.717) is 18.9 Å². The molecule has 0 spiro atoms. The van der Waals surface area contributed by atoms with Crippen LogP contribution in [-0.2, 0) is 4.79 Å².